The fourth-order valence-electron chi connectivity index (χ4n) is 7.64. The van der Waals surface area contributed by atoms with Gasteiger partial charge in [-0.2, -0.15) is 0 Å². The first-order chi connectivity index (χ1) is 10.1. The van der Waals surface area contributed by atoms with Crippen LogP contribution in [0.2, 0.25) is 0 Å². The van der Waals surface area contributed by atoms with Gasteiger partial charge in [-0.25, -0.2) is 0 Å². The second-order valence-corrected chi connectivity index (χ2v) is 9.35. The summed E-state index contributed by atoms with van der Waals surface area (Å²) in [5.41, 5.74) is 0.927. The highest BCUT2D eigenvalue weighted by Crippen LogP contribution is 2.70. The minimum Gasteiger partial charge on any atom is -0.303 e. The lowest BCUT2D eigenvalue weighted by Crippen LogP contribution is -2.57. The average molecular weight is 288 g/mol. The zero-order valence-electron chi connectivity index (χ0n) is 14.0. The topological polar surface area (TPSA) is 17.1 Å². The van der Waals surface area contributed by atoms with Crippen LogP contribution in [0.3, 0.4) is 0 Å². The molecule has 4 aliphatic rings. The van der Waals surface area contributed by atoms with Crippen molar-refractivity contribution in [1.82, 2.24) is 0 Å². The molecule has 0 radical (unpaired) electrons. The maximum atomic E-state index is 12.3. The number of hydrogen-bond acceptors (Lipinski definition) is 1. The molecule has 21 heavy (non-hydrogen) atoms. The summed E-state index contributed by atoms with van der Waals surface area (Å²) in [7, 11) is 0. The van der Waals surface area contributed by atoms with E-state index in [4.69, 9.17) is 0 Å². The van der Waals surface area contributed by atoms with Crippen molar-refractivity contribution in [3.05, 3.63) is 0 Å². The molecule has 6 atom stereocenters. The van der Waals surface area contributed by atoms with Crippen molar-refractivity contribution >= 4 is 6.29 Å². The molecule has 0 amide bonds. The van der Waals surface area contributed by atoms with Crippen molar-refractivity contribution in [3.63, 3.8) is 0 Å². The molecule has 0 aliphatic heterocycles. The highest BCUT2D eigenvalue weighted by atomic mass is 16.1. The summed E-state index contributed by atoms with van der Waals surface area (Å²) in [6, 6.07) is 0. The van der Waals surface area contributed by atoms with E-state index in [-0.39, 0.29) is 5.41 Å². The van der Waals surface area contributed by atoms with E-state index in [1.807, 2.05) is 0 Å². The molecule has 118 valence electrons. The molecule has 0 bridgehead atoms. The van der Waals surface area contributed by atoms with Crippen LogP contribution in [0, 0.1) is 34.0 Å². The summed E-state index contributed by atoms with van der Waals surface area (Å²) in [5, 5.41) is 0. The van der Waals surface area contributed by atoms with E-state index in [9.17, 15) is 4.79 Å². The first-order valence-electron chi connectivity index (χ1n) is 9.52. The van der Waals surface area contributed by atoms with E-state index in [1.54, 1.807) is 0 Å². The lowest BCUT2D eigenvalue weighted by atomic mass is 9.41. The molecule has 4 fully saturated rings. The molecule has 4 aliphatic carbocycles. The van der Waals surface area contributed by atoms with Crippen LogP contribution >= 0.6 is 0 Å². The van der Waals surface area contributed by atoms with E-state index in [0.29, 0.717) is 16.7 Å². The molecule has 0 aromatic carbocycles. The fraction of sp³-hybridized carbons (Fsp3) is 0.950. The van der Waals surface area contributed by atoms with E-state index in [0.717, 1.165) is 11.8 Å². The Bertz CT molecular complexity index is 443. The van der Waals surface area contributed by atoms with Crippen molar-refractivity contribution in [2.45, 2.75) is 84.5 Å². The second kappa shape index (κ2) is 4.59. The van der Waals surface area contributed by atoms with Gasteiger partial charge in [-0.15, -0.1) is 0 Å². The first kappa shape index (κ1) is 14.3. The third-order valence-corrected chi connectivity index (χ3v) is 8.93. The van der Waals surface area contributed by atoms with Gasteiger partial charge in [-0.05, 0) is 80.0 Å². The Kier molecular flexibility index (Phi) is 3.12. The summed E-state index contributed by atoms with van der Waals surface area (Å²) >= 11 is 0. The van der Waals surface area contributed by atoms with Gasteiger partial charge in [-0.1, -0.05) is 33.1 Å². The van der Waals surface area contributed by atoms with E-state index in [2.05, 4.69) is 13.8 Å². The molecule has 0 spiro atoms. The van der Waals surface area contributed by atoms with Gasteiger partial charge in [0.15, 0.2) is 0 Å². The van der Waals surface area contributed by atoms with E-state index >= 15 is 0 Å². The summed E-state index contributed by atoms with van der Waals surface area (Å²) in [6.45, 7) is 5.05. The predicted octanol–water partition coefficient (Wildman–Crippen LogP) is 5.38. The normalized spacial score (nSPS) is 56.2. The van der Waals surface area contributed by atoms with E-state index < -0.39 is 0 Å². The van der Waals surface area contributed by atoms with Gasteiger partial charge in [0, 0.05) is 5.41 Å². The van der Waals surface area contributed by atoms with Gasteiger partial charge in [0.05, 0.1) is 0 Å². The SMILES string of the molecule is CC12CCCCC1CCC1C2CCC2(C)CCCC12C=O. The van der Waals surface area contributed by atoms with Gasteiger partial charge in [0.25, 0.3) is 0 Å². The number of rotatable bonds is 1. The van der Waals surface area contributed by atoms with Crippen LogP contribution in [0.1, 0.15) is 84.5 Å². The lowest BCUT2D eigenvalue weighted by Gasteiger charge is -2.63. The summed E-state index contributed by atoms with van der Waals surface area (Å²) in [5.74, 6) is 2.51. The smallest absolute Gasteiger partial charge is 0.126 e. The zero-order chi connectivity index (χ0) is 14.7. The first-order valence-corrected chi connectivity index (χ1v) is 9.52. The second-order valence-electron chi connectivity index (χ2n) is 9.35. The quantitative estimate of drug-likeness (QED) is 0.592. The maximum absolute atomic E-state index is 12.3. The Hall–Kier alpha value is -0.330. The van der Waals surface area contributed by atoms with Crippen LogP contribution < -0.4 is 0 Å². The van der Waals surface area contributed by atoms with Crippen LogP contribution in [0.15, 0.2) is 0 Å². The van der Waals surface area contributed by atoms with Gasteiger partial charge in [0.2, 0.25) is 0 Å². The molecule has 0 N–H and O–H groups in total. The molecule has 6 unspecified atom stereocenters. The molecule has 4 rings (SSSR count). The lowest BCUT2D eigenvalue weighted by molar-refractivity contribution is -0.160. The number of carbonyl (C=O) groups is 1. The molecule has 1 nitrogen and oxygen atoms in total. The third-order valence-electron chi connectivity index (χ3n) is 8.93. The summed E-state index contributed by atoms with van der Waals surface area (Å²) in [6.07, 6.45) is 16.5. The Morgan fingerprint density at radius 2 is 1.67 bits per heavy atom. The Balaban J connectivity index is 1.74. The summed E-state index contributed by atoms with van der Waals surface area (Å²) in [4.78, 5) is 12.3. The molecule has 1 heteroatoms. The van der Waals surface area contributed by atoms with Crippen LogP contribution in [0.5, 0.6) is 0 Å². The van der Waals surface area contributed by atoms with E-state index in [1.165, 1.54) is 76.9 Å². The maximum Gasteiger partial charge on any atom is 0.126 e. The van der Waals surface area contributed by atoms with Crippen LogP contribution in [0.25, 0.3) is 0 Å². The molecule has 0 aromatic rings. The van der Waals surface area contributed by atoms with Crippen molar-refractivity contribution in [2.75, 3.05) is 0 Å². The van der Waals surface area contributed by atoms with Crippen LogP contribution in [-0.2, 0) is 4.79 Å². The number of hydrogen-bond donors (Lipinski definition) is 0. The van der Waals surface area contributed by atoms with Crippen molar-refractivity contribution in [3.8, 4) is 0 Å². The Morgan fingerprint density at radius 3 is 2.48 bits per heavy atom. The van der Waals surface area contributed by atoms with Crippen molar-refractivity contribution in [1.29, 1.82) is 0 Å². The molecular weight excluding hydrogens is 256 g/mol. The molecule has 0 saturated heterocycles. The number of aldehydes is 1. The third kappa shape index (κ3) is 1.67. The minimum absolute atomic E-state index is 0.0430. The highest BCUT2D eigenvalue weighted by molar-refractivity contribution is 5.63. The minimum atomic E-state index is 0.0430. The largest absolute Gasteiger partial charge is 0.303 e. The Morgan fingerprint density at radius 1 is 0.810 bits per heavy atom. The number of carbonyl (C=O) groups excluding carboxylic acids is 1. The van der Waals surface area contributed by atoms with Gasteiger partial charge < -0.3 is 4.79 Å². The van der Waals surface area contributed by atoms with Gasteiger partial charge >= 0.3 is 0 Å². The summed E-state index contributed by atoms with van der Waals surface area (Å²) < 4.78 is 0. The Labute approximate surface area is 130 Å². The standard InChI is InChI=1S/C20H32O/c1-18-10-5-12-20(18,14-21)17-8-7-15-6-3-4-11-19(15,2)16(17)9-13-18/h14-17H,3-13H2,1-2H3. The monoisotopic (exact) mass is 288 g/mol. The molecule has 4 saturated carbocycles. The zero-order valence-corrected chi connectivity index (χ0v) is 14.0. The van der Waals surface area contributed by atoms with Crippen LogP contribution in [0.4, 0.5) is 0 Å². The van der Waals surface area contributed by atoms with Gasteiger partial charge in [-0.3, -0.25) is 0 Å². The molecule has 0 aromatic heterocycles. The molecular formula is C20H32O. The highest BCUT2D eigenvalue weighted by Gasteiger charge is 2.64. The number of fused-ring (bicyclic) bond motifs is 5. The van der Waals surface area contributed by atoms with Crippen molar-refractivity contribution < 1.29 is 4.79 Å². The predicted molar refractivity (Wildman–Crippen MR) is 86.0 cm³/mol. The van der Waals surface area contributed by atoms with Crippen molar-refractivity contribution in [2.24, 2.45) is 34.0 Å². The average Bonchev–Trinajstić information content (AvgIpc) is 2.84. The fourth-order valence-corrected chi connectivity index (χ4v) is 7.64. The van der Waals surface area contributed by atoms with Crippen LogP contribution in [-0.4, -0.2) is 6.29 Å². The van der Waals surface area contributed by atoms with Gasteiger partial charge in [0.1, 0.15) is 6.29 Å². The molecule has 0 heterocycles.